The minimum absolute atomic E-state index is 0.0337. The Kier molecular flexibility index (Phi) is 6.02. The molecular weight excluding hydrogens is 370 g/mol. The Morgan fingerprint density at radius 3 is 2.41 bits per heavy atom. The smallest absolute Gasteiger partial charge is 0.340 e. The number of phenols is 1. The van der Waals surface area contributed by atoms with Crippen molar-refractivity contribution in [3.8, 4) is 11.5 Å². The molecule has 0 aromatic heterocycles. The average molecular weight is 393 g/mol. The summed E-state index contributed by atoms with van der Waals surface area (Å²) in [4.78, 5) is 27.0. The van der Waals surface area contributed by atoms with E-state index in [-0.39, 0.29) is 22.8 Å². The lowest BCUT2D eigenvalue weighted by atomic mass is 10.0. The Balaban J connectivity index is 1.90. The summed E-state index contributed by atoms with van der Waals surface area (Å²) in [5.41, 5.74) is 2.48. The van der Waals surface area contributed by atoms with Gasteiger partial charge in [0.15, 0.2) is 0 Å². The van der Waals surface area contributed by atoms with Gasteiger partial charge >= 0.3 is 5.97 Å². The van der Waals surface area contributed by atoms with E-state index in [4.69, 9.17) is 9.47 Å². The molecule has 29 heavy (non-hydrogen) atoms. The van der Waals surface area contributed by atoms with E-state index < -0.39 is 5.97 Å². The number of para-hydroxylation sites is 1. The highest BCUT2D eigenvalue weighted by atomic mass is 16.5. The normalized spacial score (nSPS) is 15.2. The highest BCUT2D eigenvalue weighted by molar-refractivity contribution is 6.16. The van der Waals surface area contributed by atoms with Gasteiger partial charge in [0.1, 0.15) is 11.5 Å². The summed E-state index contributed by atoms with van der Waals surface area (Å²) in [6, 6.07) is 14.3. The van der Waals surface area contributed by atoms with Crippen molar-refractivity contribution in [2.75, 3.05) is 20.8 Å². The first-order valence-electron chi connectivity index (χ1n) is 9.20. The Bertz CT molecular complexity index is 989. The van der Waals surface area contributed by atoms with Crippen LogP contribution in [0.25, 0.3) is 6.08 Å². The van der Waals surface area contributed by atoms with Crippen LogP contribution in [0, 0.1) is 0 Å². The van der Waals surface area contributed by atoms with E-state index in [1.807, 2.05) is 24.3 Å². The molecule has 0 unspecified atom stereocenters. The quantitative estimate of drug-likeness (QED) is 0.602. The largest absolute Gasteiger partial charge is 0.507 e. The first-order valence-corrected chi connectivity index (χ1v) is 9.20. The number of rotatable bonds is 6. The van der Waals surface area contributed by atoms with E-state index >= 15 is 0 Å². The highest BCUT2D eigenvalue weighted by Crippen LogP contribution is 2.33. The topological polar surface area (TPSA) is 76.1 Å². The van der Waals surface area contributed by atoms with Crippen LogP contribution < -0.4 is 4.74 Å². The molecule has 150 valence electrons. The molecule has 1 aliphatic heterocycles. The monoisotopic (exact) mass is 393 g/mol. The molecule has 2 aromatic carbocycles. The van der Waals surface area contributed by atoms with Crippen LogP contribution in [0.3, 0.4) is 0 Å². The van der Waals surface area contributed by atoms with E-state index in [1.54, 1.807) is 37.1 Å². The lowest BCUT2D eigenvalue weighted by Gasteiger charge is -2.18. The Labute approximate surface area is 169 Å². The molecule has 6 nitrogen and oxygen atoms in total. The first-order chi connectivity index (χ1) is 14.0. The number of amides is 1. The molecule has 0 fully saturated rings. The number of esters is 1. The fourth-order valence-corrected chi connectivity index (χ4v) is 3.30. The number of hydrogen-bond donors (Lipinski definition) is 1. The van der Waals surface area contributed by atoms with Crippen LogP contribution in [0.2, 0.25) is 0 Å². The van der Waals surface area contributed by atoms with E-state index in [0.717, 1.165) is 11.3 Å². The number of aromatic hydroxyl groups is 1. The number of carbonyl (C=O) groups is 2. The van der Waals surface area contributed by atoms with Crippen molar-refractivity contribution in [2.24, 2.45) is 0 Å². The minimum Gasteiger partial charge on any atom is -0.507 e. The van der Waals surface area contributed by atoms with Crippen molar-refractivity contribution in [3.05, 3.63) is 76.5 Å². The SMILES string of the molecule is COC(=O)C1=C(C)N(CCc2ccc(OC)cc2)C(=O)/C1=C\c1ccccc1O. The summed E-state index contributed by atoms with van der Waals surface area (Å²) >= 11 is 0. The van der Waals surface area contributed by atoms with Gasteiger partial charge in [-0.05, 0) is 43.2 Å². The maximum absolute atomic E-state index is 13.1. The number of allylic oxidation sites excluding steroid dienone is 1. The molecule has 1 heterocycles. The zero-order valence-corrected chi connectivity index (χ0v) is 16.6. The average Bonchev–Trinajstić information content (AvgIpc) is 2.97. The second-order valence-electron chi connectivity index (χ2n) is 6.62. The molecule has 1 aliphatic rings. The summed E-state index contributed by atoms with van der Waals surface area (Å²) in [5.74, 6) is -0.0709. The number of carbonyl (C=O) groups excluding carboxylic acids is 2. The minimum atomic E-state index is -0.579. The van der Waals surface area contributed by atoms with Gasteiger partial charge in [-0.1, -0.05) is 30.3 Å². The number of hydrogen-bond acceptors (Lipinski definition) is 5. The van der Waals surface area contributed by atoms with Gasteiger partial charge in [0.05, 0.1) is 25.4 Å². The summed E-state index contributed by atoms with van der Waals surface area (Å²) in [6.45, 7) is 2.14. The van der Waals surface area contributed by atoms with Gasteiger partial charge in [-0.25, -0.2) is 4.79 Å². The first kappa shape index (κ1) is 20.2. The predicted molar refractivity (Wildman–Crippen MR) is 109 cm³/mol. The molecule has 0 spiro atoms. The van der Waals surface area contributed by atoms with Crippen LogP contribution in [-0.4, -0.2) is 42.6 Å². The molecule has 0 bridgehead atoms. The number of nitrogens with zero attached hydrogens (tertiary/aromatic N) is 1. The fourth-order valence-electron chi connectivity index (χ4n) is 3.30. The van der Waals surface area contributed by atoms with Crippen molar-refractivity contribution in [1.82, 2.24) is 4.90 Å². The van der Waals surface area contributed by atoms with E-state index in [1.165, 1.54) is 19.3 Å². The second kappa shape index (κ2) is 8.65. The van der Waals surface area contributed by atoms with Crippen molar-refractivity contribution < 1.29 is 24.2 Å². The van der Waals surface area contributed by atoms with Gasteiger partial charge in [-0.15, -0.1) is 0 Å². The molecule has 0 saturated carbocycles. The maximum atomic E-state index is 13.1. The molecule has 2 aromatic rings. The van der Waals surface area contributed by atoms with Gasteiger partial charge in [0, 0.05) is 17.8 Å². The Morgan fingerprint density at radius 1 is 1.10 bits per heavy atom. The molecule has 6 heteroatoms. The number of phenolic OH excluding ortho intramolecular Hbond substituents is 1. The van der Waals surface area contributed by atoms with Gasteiger partial charge in [-0.3, -0.25) is 4.79 Å². The van der Waals surface area contributed by atoms with Crippen LogP contribution >= 0.6 is 0 Å². The summed E-state index contributed by atoms with van der Waals surface area (Å²) < 4.78 is 10.1. The molecule has 0 saturated heterocycles. The van der Waals surface area contributed by atoms with Crippen LogP contribution in [-0.2, 0) is 20.7 Å². The van der Waals surface area contributed by atoms with Gasteiger partial charge in [-0.2, -0.15) is 0 Å². The number of benzene rings is 2. The van der Waals surface area contributed by atoms with Crippen molar-refractivity contribution in [1.29, 1.82) is 0 Å². The number of ether oxygens (including phenoxy) is 2. The van der Waals surface area contributed by atoms with Gasteiger partial charge in [0.2, 0.25) is 0 Å². The zero-order valence-electron chi connectivity index (χ0n) is 16.6. The lowest BCUT2D eigenvalue weighted by molar-refractivity contribution is -0.136. The summed E-state index contributed by atoms with van der Waals surface area (Å²) in [5, 5.41) is 10.1. The second-order valence-corrected chi connectivity index (χ2v) is 6.62. The molecule has 0 atom stereocenters. The summed E-state index contributed by atoms with van der Waals surface area (Å²) in [6.07, 6.45) is 2.15. The third kappa shape index (κ3) is 4.16. The fraction of sp³-hybridized carbons (Fsp3) is 0.217. The molecular formula is C23H23NO5. The van der Waals surface area contributed by atoms with Crippen molar-refractivity contribution in [2.45, 2.75) is 13.3 Å². The third-order valence-electron chi connectivity index (χ3n) is 4.92. The molecule has 3 rings (SSSR count). The number of methoxy groups -OCH3 is 2. The predicted octanol–water partition coefficient (Wildman–Crippen LogP) is 3.32. The Hall–Kier alpha value is -3.54. The van der Waals surface area contributed by atoms with Gasteiger partial charge in [0.25, 0.3) is 5.91 Å². The van der Waals surface area contributed by atoms with E-state index in [2.05, 4.69) is 0 Å². The van der Waals surface area contributed by atoms with Crippen molar-refractivity contribution in [3.63, 3.8) is 0 Å². The zero-order chi connectivity index (χ0) is 21.0. The molecule has 1 amide bonds. The van der Waals surface area contributed by atoms with Crippen LogP contribution in [0.5, 0.6) is 11.5 Å². The van der Waals surface area contributed by atoms with Crippen LogP contribution in [0.15, 0.2) is 65.4 Å². The standard InChI is InChI=1S/C23H23NO5/c1-15-21(23(27)29-3)19(14-17-6-4-5-7-20(17)25)22(26)24(15)13-12-16-8-10-18(28-2)11-9-16/h4-11,14,25H,12-13H2,1-3H3/b19-14-. The van der Waals surface area contributed by atoms with E-state index in [9.17, 15) is 14.7 Å². The molecule has 0 radical (unpaired) electrons. The van der Waals surface area contributed by atoms with E-state index in [0.29, 0.717) is 24.2 Å². The third-order valence-corrected chi connectivity index (χ3v) is 4.92. The highest BCUT2D eigenvalue weighted by Gasteiger charge is 2.36. The Morgan fingerprint density at radius 2 is 1.79 bits per heavy atom. The van der Waals surface area contributed by atoms with Crippen molar-refractivity contribution >= 4 is 18.0 Å². The van der Waals surface area contributed by atoms with Crippen LogP contribution in [0.4, 0.5) is 0 Å². The molecule has 1 N–H and O–H groups in total. The molecule has 0 aliphatic carbocycles. The lowest BCUT2D eigenvalue weighted by Crippen LogP contribution is -2.27. The van der Waals surface area contributed by atoms with Gasteiger partial charge < -0.3 is 19.5 Å². The summed E-state index contributed by atoms with van der Waals surface area (Å²) in [7, 11) is 2.89. The maximum Gasteiger partial charge on any atom is 0.340 e. The van der Waals surface area contributed by atoms with Crippen LogP contribution in [0.1, 0.15) is 18.1 Å².